The van der Waals surface area contributed by atoms with Crippen molar-refractivity contribution >= 4 is 44.8 Å². The molecule has 0 aliphatic heterocycles. The highest BCUT2D eigenvalue weighted by atomic mass is 79.9. The van der Waals surface area contributed by atoms with Crippen LogP contribution in [0.5, 0.6) is 0 Å². The molecule has 0 unspecified atom stereocenters. The molecule has 0 atom stereocenters. The summed E-state index contributed by atoms with van der Waals surface area (Å²) in [4.78, 5) is 26.0. The number of halogens is 3. The Morgan fingerprint density at radius 2 is 2.10 bits per heavy atom. The van der Waals surface area contributed by atoms with Gasteiger partial charge in [-0.3, -0.25) is 19.5 Å². The van der Waals surface area contributed by atoms with E-state index in [0.717, 1.165) is 0 Å². The van der Waals surface area contributed by atoms with Gasteiger partial charge in [-0.2, -0.15) is 0 Å². The molecule has 20 heavy (non-hydrogen) atoms. The summed E-state index contributed by atoms with van der Waals surface area (Å²) in [5, 5.41) is 10.6. The smallest absolute Gasteiger partial charge is 0.283 e. The molecule has 0 aliphatic rings. The van der Waals surface area contributed by atoms with Crippen molar-refractivity contribution in [1.29, 1.82) is 0 Å². The number of nitro groups is 1. The average Bonchev–Trinajstić information content (AvgIpc) is 2.41. The van der Waals surface area contributed by atoms with Crippen LogP contribution in [0.25, 0.3) is 0 Å². The molecule has 0 N–H and O–H groups in total. The minimum Gasteiger partial charge on any atom is -0.293 e. The van der Waals surface area contributed by atoms with Crippen LogP contribution in [0.4, 0.5) is 5.69 Å². The zero-order valence-electron chi connectivity index (χ0n) is 9.72. The first-order valence-corrected chi connectivity index (χ1v) is 6.79. The van der Waals surface area contributed by atoms with Gasteiger partial charge in [-0.1, -0.05) is 35.3 Å². The lowest BCUT2D eigenvalue weighted by molar-refractivity contribution is -0.385. The monoisotopic (exact) mass is 377 g/mol. The molecule has 0 bridgehead atoms. The molecular formula is C11H6BrCl2N3O3. The molecule has 104 valence electrons. The van der Waals surface area contributed by atoms with E-state index in [0.29, 0.717) is 10.0 Å². The van der Waals surface area contributed by atoms with Crippen molar-refractivity contribution in [3.05, 3.63) is 65.2 Å². The Kier molecular flexibility index (Phi) is 4.42. The fourth-order valence-corrected chi connectivity index (χ4v) is 2.39. The van der Waals surface area contributed by atoms with E-state index in [1.54, 1.807) is 6.07 Å². The van der Waals surface area contributed by atoms with E-state index in [2.05, 4.69) is 20.9 Å². The summed E-state index contributed by atoms with van der Waals surface area (Å²) < 4.78 is 1.53. The normalized spacial score (nSPS) is 10.6. The Morgan fingerprint density at radius 1 is 1.40 bits per heavy atom. The van der Waals surface area contributed by atoms with Gasteiger partial charge in [-0.05, 0) is 21.5 Å². The Balaban J connectivity index is 2.46. The number of hydrogen-bond acceptors (Lipinski definition) is 4. The number of benzene rings is 1. The molecule has 6 nitrogen and oxygen atoms in total. The number of nitro benzene ring substituents is 1. The van der Waals surface area contributed by atoms with Gasteiger partial charge in [0.2, 0.25) is 0 Å². The van der Waals surface area contributed by atoms with E-state index in [1.165, 1.54) is 23.0 Å². The molecule has 0 fully saturated rings. The van der Waals surface area contributed by atoms with Crippen LogP contribution >= 0.6 is 39.1 Å². The highest BCUT2D eigenvalue weighted by molar-refractivity contribution is 9.10. The fourth-order valence-electron chi connectivity index (χ4n) is 1.57. The summed E-state index contributed by atoms with van der Waals surface area (Å²) in [5.74, 6) is 0. The van der Waals surface area contributed by atoms with Crippen molar-refractivity contribution in [2.24, 2.45) is 0 Å². The molecule has 1 heterocycles. The summed E-state index contributed by atoms with van der Waals surface area (Å²) in [6.07, 6.45) is 1.24. The lowest BCUT2D eigenvalue weighted by atomic mass is 10.2. The van der Waals surface area contributed by atoms with Crippen LogP contribution in [0.1, 0.15) is 5.56 Å². The summed E-state index contributed by atoms with van der Waals surface area (Å²) in [7, 11) is 0. The third-order valence-corrected chi connectivity index (χ3v) is 4.18. The van der Waals surface area contributed by atoms with Gasteiger partial charge in [0, 0.05) is 6.07 Å². The van der Waals surface area contributed by atoms with Crippen LogP contribution in [0, 0.1) is 10.1 Å². The largest absolute Gasteiger partial charge is 0.293 e. The molecule has 2 rings (SSSR count). The number of nitrogens with zero attached hydrogens (tertiary/aromatic N) is 3. The highest BCUT2D eigenvalue weighted by Gasteiger charge is 2.16. The van der Waals surface area contributed by atoms with Gasteiger partial charge in [0.05, 0.1) is 17.8 Å². The zero-order valence-corrected chi connectivity index (χ0v) is 12.8. The van der Waals surface area contributed by atoms with E-state index < -0.39 is 10.5 Å². The van der Waals surface area contributed by atoms with Gasteiger partial charge in [-0.25, -0.2) is 4.98 Å². The topological polar surface area (TPSA) is 78.0 Å². The van der Waals surface area contributed by atoms with Crippen molar-refractivity contribution in [2.75, 3.05) is 0 Å². The first-order valence-electron chi connectivity index (χ1n) is 5.24. The van der Waals surface area contributed by atoms with Crippen molar-refractivity contribution < 1.29 is 4.92 Å². The molecule has 0 amide bonds. The first-order chi connectivity index (χ1) is 9.41. The minimum atomic E-state index is -0.510. The molecule has 0 saturated carbocycles. The molecular weight excluding hydrogens is 373 g/mol. The summed E-state index contributed by atoms with van der Waals surface area (Å²) in [6, 6.07) is 4.56. The second-order valence-corrected chi connectivity index (χ2v) is 5.32. The SMILES string of the molecule is O=c1c(Cl)c(Cl)ncn1Cc1cccc([N+](=O)[O-])c1Br. The standard InChI is InChI=1S/C11H6BrCl2N3O3/c12-8-6(2-1-3-7(8)17(19)20)4-16-5-15-10(14)9(13)11(16)18/h1-3,5H,4H2. The van der Waals surface area contributed by atoms with Crippen molar-refractivity contribution in [2.45, 2.75) is 6.54 Å². The van der Waals surface area contributed by atoms with E-state index in [-0.39, 0.29) is 22.4 Å². The van der Waals surface area contributed by atoms with Crippen LogP contribution < -0.4 is 5.56 Å². The van der Waals surface area contributed by atoms with Crippen molar-refractivity contribution in [3.8, 4) is 0 Å². The molecule has 1 aromatic carbocycles. The fraction of sp³-hybridized carbons (Fsp3) is 0.0909. The third kappa shape index (κ3) is 2.84. The minimum absolute atomic E-state index is 0.0778. The predicted octanol–water partition coefficient (Wildman–Crippen LogP) is 3.27. The van der Waals surface area contributed by atoms with Crippen molar-refractivity contribution in [3.63, 3.8) is 0 Å². The molecule has 2 aromatic rings. The van der Waals surface area contributed by atoms with E-state index >= 15 is 0 Å². The van der Waals surface area contributed by atoms with Gasteiger partial charge in [0.25, 0.3) is 11.2 Å². The van der Waals surface area contributed by atoms with Crippen LogP contribution in [0.2, 0.25) is 10.2 Å². The summed E-state index contributed by atoms with van der Waals surface area (Å²) >= 11 is 14.5. The molecule has 0 spiro atoms. The number of aromatic nitrogens is 2. The number of hydrogen-bond donors (Lipinski definition) is 0. The lowest BCUT2D eigenvalue weighted by Gasteiger charge is -2.08. The van der Waals surface area contributed by atoms with Crippen LogP contribution in [-0.2, 0) is 6.54 Å². The second-order valence-electron chi connectivity index (χ2n) is 3.79. The third-order valence-electron chi connectivity index (χ3n) is 2.54. The summed E-state index contributed by atoms with van der Waals surface area (Å²) in [5.41, 5.74) is -0.0323. The second kappa shape index (κ2) is 5.90. The van der Waals surface area contributed by atoms with E-state index in [9.17, 15) is 14.9 Å². The number of rotatable bonds is 3. The Morgan fingerprint density at radius 3 is 2.75 bits per heavy atom. The first kappa shape index (κ1) is 15.0. The van der Waals surface area contributed by atoms with Gasteiger partial charge in [0.15, 0.2) is 5.15 Å². The summed E-state index contributed by atoms with van der Waals surface area (Å²) in [6.45, 7) is 0.0883. The van der Waals surface area contributed by atoms with Crippen LogP contribution in [0.15, 0.2) is 33.8 Å². The Bertz CT molecular complexity index is 748. The van der Waals surface area contributed by atoms with E-state index in [4.69, 9.17) is 23.2 Å². The Labute approximate surface area is 131 Å². The van der Waals surface area contributed by atoms with Gasteiger partial charge < -0.3 is 0 Å². The van der Waals surface area contributed by atoms with Gasteiger partial charge in [-0.15, -0.1) is 0 Å². The van der Waals surface area contributed by atoms with Crippen LogP contribution in [-0.4, -0.2) is 14.5 Å². The van der Waals surface area contributed by atoms with Crippen molar-refractivity contribution in [1.82, 2.24) is 9.55 Å². The average molecular weight is 379 g/mol. The van der Waals surface area contributed by atoms with Crippen LogP contribution in [0.3, 0.4) is 0 Å². The maximum Gasteiger partial charge on any atom is 0.283 e. The van der Waals surface area contributed by atoms with Gasteiger partial charge in [0.1, 0.15) is 9.50 Å². The predicted molar refractivity (Wildman–Crippen MR) is 78.4 cm³/mol. The lowest BCUT2D eigenvalue weighted by Crippen LogP contribution is -2.21. The van der Waals surface area contributed by atoms with Gasteiger partial charge >= 0.3 is 0 Å². The van der Waals surface area contributed by atoms with E-state index in [1.807, 2.05) is 0 Å². The highest BCUT2D eigenvalue weighted by Crippen LogP contribution is 2.28. The maximum atomic E-state index is 11.9. The maximum absolute atomic E-state index is 11.9. The quantitative estimate of drug-likeness (QED) is 0.466. The molecule has 0 radical (unpaired) electrons. The molecule has 0 saturated heterocycles. The molecule has 1 aromatic heterocycles. The molecule has 0 aliphatic carbocycles. The molecule has 9 heteroatoms. The zero-order chi connectivity index (χ0) is 14.9. The Hall–Kier alpha value is -1.44.